The van der Waals surface area contributed by atoms with Gasteiger partial charge in [-0.05, 0) is 6.92 Å². The standard InChI is InChI=1S/C12H24N2O3S2/c1-4-19(16,17)9-10(2)14(3)12(15)7-11-8-18-6-5-13-11/h10-11,13H,4-9H2,1-3H3. The van der Waals surface area contributed by atoms with Crippen LogP contribution in [0.15, 0.2) is 0 Å². The van der Waals surface area contributed by atoms with E-state index in [2.05, 4.69) is 5.32 Å². The van der Waals surface area contributed by atoms with Gasteiger partial charge >= 0.3 is 0 Å². The molecule has 1 aliphatic rings. The van der Waals surface area contributed by atoms with Crippen LogP contribution >= 0.6 is 11.8 Å². The number of thioether (sulfide) groups is 1. The molecule has 7 heteroatoms. The highest BCUT2D eigenvalue weighted by Gasteiger charge is 2.24. The van der Waals surface area contributed by atoms with Crippen LogP contribution < -0.4 is 5.32 Å². The van der Waals surface area contributed by atoms with Crippen LogP contribution in [-0.2, 0) is 14.6 Å². The van der Waals surface area contributed by atoms with Gasteiger partial charge in [-0.2, -0.15) is 11.8 Å². The number of carbonyl (C=O) groups is 1. The highest BCUT2D eigenvalue weighted by Crippen LogP contribution is 2.12. The summed E-state index contributed by atoms with van der Waals surface area (Å²) >= 11 is 1.85. The summed E-state index contributed by atoms with van der Waals surface area (Å²) in [4.78, 5) is 13.7. The van der Waals surface area contributed by atoms with Gasteiger partial charge in [-0.25, -0.2) is 8.42 Å². The lowest BCUT2D eigenvalue weighted by molar-refractivity contribution is -0.131. The molecule has 5 nitrogen and oxygen atoms in total. The Hall–Kier alpha value is -0.270. The largest absolute Gasteiger partial charge is 0.342 e. The fourth-order valence-corrected chi connectivity index (χ4v) is 4.09. The monoisotopic (exact) mass is 308 g/mol. The molecular weight excluding hydrogens is 284 g/mol. The highest BCUT2D eigenvalue weighted by molar-refractivity contribution is 7.99. The SMILES string of the molecule is CCS(=O)(=O)CC(C)N(C)C(=O)CC1CSCCN1. The first-order valence-electron chi connectivity index (χ1n) is 6.63. The van der Waals surface area contributed by atoms with Gasteiger partial charge in [-0.15, -0.1) is 0 Å². The van der Waals surface area contributed by atoms with Crippen molar-refractivity contribution >= 4 is 27.5 Å². The Kier molecular flexibility index (Phi) is 6.62. The molecule has 2 atom stereocenters. The number of nitrogens with zero attached hydrogens (tertiary/aromatic N) is 1. The predicted octanol–water partition coefficient (Wildman–Crippen LogP) is 0.363. The molecule has 0 aromatic carbocycles. The molecule has 1 amide bonds. The Balaban J connectivity index is 2.46. The van der Waals surface area contributed by atoms with Crippen LogP contribution in [0.2, 0.25) is 0 Å². The topological polar surface area (TPSA) is 66.5 Å². The number of hydrogen-bond donors (Lipinski definition) is 1. The number of sulfone groups is 1. The Morgan fingerprint density at radius 1 is 1.53 bits per heavy atom. The van der Waals surface area contributed by atoms with Crippen molar-refractivity contribution in [3.8, 4) is 0 Å². The molecule has 0 bridgehead atoms. The summed E-state index contributed by atoms with van der Waals surface area (Å²) in [6, 6.07) is -0.0580. The van der Waals surface area contributed by atoms with Crippen molar-refractivity contribution in [3.05, 3.63) is 0 Å². The number of hydrogen-bond acceptors (Lipinski definition) is 5. The van der Waals surface area contributed by atoms with Crippen molar-refractivity contribution in [2.24, 2.45) is 0 Å². The summed E-state index contributed by atoms with van der Waals surface area (Å²) in [6.07, 6.45) is 0.444. The first-order chi connectivity index (χ1) is 8.85. The quantitative estimate of drug-likeness (QED) is 0.767. The summed E-state index contributed by atoms with van der Waals surface area (Å²) in [6.45, 7) is 4.35. The van der Waals surface area contributed by atoms with Gasteiger partial charge in [0.2, 0.25) is 5.91 Å². The second-order valence-electron chi connectivity index (χ2n) is 4.98. The molecule has 1 aliphatic heterocycles. The Labute approximate surface area is 120 Å². The first-order valence-corrected chi connectivity index (χ1v) is 9.60. The van der Waals surface area contributed by atoms with Gasteiger partial charge in [-0.1, -0.05) is 6.92 Å². The predicted molar refractivity (Wildman–Crippen MR) is 80.3 cm³/mol. The molecule has 1 fully saturated rings. The molecule has 1 rings (SSSR count). The van der Waals surface area contributed by atoms with Gasteiger partial charge in [0.1, 0.15) is 0 Å². The molecule has 0 aliphatic carbocycles. The second-order valence-corrected chi connectivity index (χ2v) is 8.53. The average Bonchev–Trinajstić information content (AvgIpc) is 2.38. The van der Waals surface area contributed by atoms with Crippen molar-refractivity contribution in [2.75, 3.05) is 36.6 Å². The average molecular weight is 308 g/mol. The van der Waals surface area contributed by atoms with Gasteiger partial charge in [0.15, 0.2) is 9.84 Å². The second kappa shape index (κ2) is 7.50. The summed E-state index contributed by atoms with van der Waals surface area (Å²) in [7, 11) is -1.36. The van der Waals surface area contributed by atoms with E-state index in [0.29, 0.717) is 6.42 Å². The third-order valence-electron chi connectivity index (χ3n) is 3.41. The molecule has 19 heavy (non-hydrogen) atoms. The van der Waals surface area contributed by atoms with Crippen LogP contribution in [0.5, 0.6) is 0 Å². The summed E-state index contributed by atoms with van der Waals surface area (Å²) in [5.74, 6) is 2.21. The van der Waals surface area contributed by atoms with E-state index in [1.54, 1.807) is 25.8 Å². The molecule has 0 spiro atoms. The molecule has 0 aromatic heterocycles. The third-order valence-corrected chi connectivity index (χ3v) is 6.41. The van der Waals surface area contributed by atoms with Gasteiger partial charge in [0.25, 0.3) is 0 Å². The zero-order valence-electron chi connectivity index (χ0n) is 11.9. The smallest absolute Gasteiger partial charge is 0.224 e. The maximum atomic E-state index is 12.1. The van der Waals surface area contributed by atoms with Crippen LogP contribution in [0.1, 0.15) is 20.3 Å². The summed E-state index contributed by atoms with van der Waals surface area (Å²) < 4.78 is 23.1. The van der Waals surface area contributed by atoms with Crippen LogP contribution in [0.4, 0.5) is 0 Å². The van der Waals surface area contributed by atoms with Gasteiger partial charge in [-0.3, -0.25) is 4.79 Å². The van der Waals surface area contributed by atoms with Gasteiger partial charge in [0.05, 0.1) is 5.75 Å². The van der Waals surface area contributed by atoms with E-state index in [9.17, 15) is 13.2 Å². The molecule has 1 saturated heterocycles. The van der Waals surface area contributed by atoms with E-state index in [0.717, 1.165) is 18.1 Å². The van der Waals surface area contributed by atoms with Crippen LogP contribution in [0, 0.1) is 0 Å². The fourth-order valence-electron chi connectivity index (χ4n) is 1.95. The van der Waals surface area contributed by atoms with E-state index < -0.39 is 9.84 Å². The first kappa shape index (κ1) is 16.8. The normalized spacial score (nSPS) is 21.9. The minimum absolute atomic E-state index is 0.0128. The van der Waals surface area contributed by atoms with E-state index >= 15 is 0 Å². The van der Waals surface area contributed by atoms with Gasteiger partial charge < -0.3 is 10.2 Å². The Morgan fingerprint density at radius 3 is 2.74 bits per heavy atom. The molecule has 0 aromatic rings. The number of carbonyl (C=O) groups excluding carboxylic acids is 1. The van der Waals surface area contributed by atoms with Crippen molar-refractivity contribution in [2.45, 2.75) is 32.4 Å². The fraction of sp³-hybridized carbons (Fsp3) is 0.917. The van der Waals surface area contributed by atoms with E-state index in [-0.39, 0.29) is 29.5 Å². The van der Waals surface area contributed by atoms with Gasteiger partial charge in [0, 0.05) is 49.4 Å². The molecule has 0 saturated carbocycles. The van der Waals surface area contributed by atoms with E-state index in [1.165, 1.54) is 0 Å². The molecule has 1 N–H and O–H groups in total. The molecule has 112 valence electrons. The lowest BCUT2D eigenvalue weighted by Crippen LogP contribution is -2.45. The number of rotatable bonds is 6. The maximum Gasteiger partial charge on any atom is 0.224 e. The van der Waals surface area contributed by atoms with E-state index in [1.807, 2.05) is 11.8 Å². The van der Waals surface area contributed by atoms with Crippen LogP contribution in [-0.4, -0.2) is 67.9 Å². The summed E-state index contributed by atoms with van der Waals surface area (Å²) in [5.41, 5.74) is 0. The minimum Gasteiger partial charge on any atom is -0.342 e. The zero-order valence-corrected chi connectivity index (χ0v) is 13.5. The zero-order chi connectivity index (χ0) is 14.5. The third kappa shape index (κ3) is 5.71. The maximum absolute atomic E-state index is 12.1. The van der Waals surface area contributed by atoms with Crippen molar-refractivity contribution in [1.82, 2.24) is 10.2 Å². The lowest BCUT2D eigenvalue weighted by atomic mass is 10.2. The summed E-state index contributed by atoms with van der Waals surface area (Å²) in [5, 5.41) is 3.32. The van der Waals surface area contributed by atoms with Crippen LogP contribution in [0.25, 0.3) is 0 Å². The lowest BCUT2D eigenvalue weighted by Gasteiger charge is -2.28. The molecule has 1 heterocycles. The highest BCUT2D eigenvalue weighted by atomic mass is 32.2. The molecular formula is C12H24N2O3S2. The molecule has 2 unspecified atom stereocenters. The molecule has 0 radical (unpaired) electrons. The minimum atomic E-state index is -3.04. The number of amides is 1. The van der Waals surface area contributed by atoms with Crippen molar-refractivity contribution in [1.29, 1.82) is 0 Å². The van der Waals surface area contributed by atoms with E-state index in [4.69, 9.17) is 0 Å². The van der Waals surface area contributed by atoms with Crippen LogP contribution in [0.3, 0.4) is 0 Å². The van der Waals surface area contributed by atoms with Crippen molar-refractivity contribution < 1.29 is 13.2 Å². The Bertz CT molecular complexity index is 392. The number of nitrogens with one attached hydrogen (secondary N) is 1. The Morgan fingerprint density at radius 2 is 2.21 bits per heavy atom. The van der Waals surface area contributed by atoms with Crippen molar-refractivity contribution in [3.63, 3.8) is 0 Å².